The van der Waals surface area contributed by atoms with E-state index in [0.29, 0.717) is 12.2 Å². The normalized spacial score (nSPS) is 9.09. The summed E-state index contributed by atoms with van der Waals surface area (Å²) in [5.74, 6) is 0. The molecule has 0 spiro atoms. The van der Waals surface area contributed by atoms with Gasteiger partial charge >= 0.3 is 0 Å². The SMILES string of the molecule is C=C(C#N)COOCCCC. The first-order chi connectivity index (χ1) is 5.31. The third-order valence-electron chi connectivity index (χ3n) is 1.06. The standard InChI is InChI=1S/C8H13NO2/c1-3-4-5-10-11-7-8(2)6-9/h2-5,7H2,1H3. The summed E-state index contributed by atoms with van der Waals surface area (Å²) in [6.07, 6.45) is 2.04. The Balaban J connectivity index is 3.03. The Bertz CT molecular complexity index is 149. The summed E-state index contributed by atoms with van der Waals surface area (Å²) in [5, 5.41) is 8.25. The van der Waals surface area contributed by atoms with Gasteiger partial charge < -0.3 is 0 Å². The van der Waals surface area contributed by atoms with Crippen LogP contribution in [-0.2, 0) is 9.78 Å². The van der Waals surface area contributed by atoms with Gasteiger partial charge in [0.1, 0.15) is 6.61 Å². The van der Waals surface area contributed by atoms with Crippen molar-refractivity contribution in [1.82, 2.24) is 0 Å². The molecule has 62 valence electrons. The van der Waals surface area contributed by atoms with E-state index in [4.69, 9.17) is 10.1 Å². The highest BCUT2D eigenvalue weighted by Crippen LogP contribution is 1.92. The zero-order valence-electron chi connectivity index (χ0n) is 6.80. The van der Waals surface area contributed by atoms with Crippen molar-refractivity contribution in [3.8, 4) is 6.07 Å². The van der Waals surface area contributed by atoms with Gasteiger partial charge in [-0.05, 0) is 6.42 Å². The fourth-order valence-corrected chi connectivity index (χ4v) is 0.407. The van der Waals surface area contributed by atoms with Crippen LogP contribution in [-0.4, -0.2) is 13.2 Å². The van der Waals surface area contributed by atoms with E-state index in [0.717, 1.165) is 12.8 Å². The number of rotatable bonds is 6. The van der Waals surface area contributed by atoms with Crippen LogP contribution in [0, 0.1) is 11.3 Å². The molecule has 0 aliphatic carbocycles. The molecule has 0 fully saturated rings. The zero-order valence-corrected chi connectivity index (χ0v) is 6.80. The molecule has 0 aliphatic heterocycles. The first-order valence-corrected chi connectivity index (χ1v) is 3.63. The van der Waals surface area contributed by atoms with Gasteiger partial charge in [0.25, 0.3) is 0 Å². The van der Waals surface area contributed by atoms with E-state index in [1.807, 2.05) is 6.07 Å². The fourth-order valence-electron chi connectivity index (χ4n) is 0.407. The minimum atomic E-state index is 0.167. The second-order valence-electron chi connectivity index (χ2n) is 2.15. The molecule has 0 atom stereocenters. The van der Waals surface area contributed by atoms with Crippen molar-refractivity contribution < 1.29 is 9.78 Å². The summed E-state index contributed by atoms with van der Waals surface area (Å²) >= 11 is 0. The van der Waals surface area contributed by atoms with Crippen LogP contribution >= 0.6 is 0 Å². The number of unbranched alkanes of at least 4 members (excludes halogenated alkanes) is 1. The Morgan fingerprint density at radius 2 is 2.27 bits per heavy atom. The average Bonchev–Trinajstić information content (AvgIpc) is 2.04. The second kappa shape index (κ2) is 7.26. The quantitative estimate of drug-likeness (QED) is 0.254. The molecule has 0 aliphatic rings. The van der Waals surface area contributed by atoms with Crippen molar-refractivity contribution >= 4 is 0 Å². The zero-order chi connectivity index (χ0) is 8.53. The van der Waals surface area contributed by atoms with Gasteiger partial charge in [0, 0.05) is 0 Å². The average molecular weight is 155 g/mol. The van der Waals surface area contributed by atoms with E-state index in [1.54, 1.807) is 0 Å². The van der Waals surface area contributed by atoms with Crippen molar-refractivity contribution in [2.75, 3.05) is 13.2 Å². The van der Waals surface area contributed by atoms with Crippen molar-refractivity contribution in [2.45, 2.75) is 19.8 Å². The van der Waals surface area contributed by atoms with E-state index in [9.17, 15) is 0 Å². The molecule has 0 N–H and O–H groups in total. The van der Waals surface area contributed by atoms with E-state index in [2.05, 4.69) is 18.4 Å². The lowest BCUT2D eigenvalue weighted by atomic mass is 10.4. The predicted octanol–water partition coefficient (Wildman–Crippen LogP) is 1.81. The Hall–Kier alpha value is -0.850. The van der Waals surface area contributed by atoms with Gasteiger partial charge in [-0.25, -0.2) is 9.78 Å². The highest BCUT2D eigenvalue weighted by atomic mass is 17.2. The minimum Gasteiger partial charge on any atom is -0.236 e. The third kappa shape index (κ3) is 7.04. The molecule has 0 unspecified atom stereocenters. The first-order valence-electron chi connectivity index (χ1n) is 3.63. The van der Waals surface area contributed by atoms with Crippen LogP contribution in [0.1, 0.15) is 19.8 Å². The molecule has 0 heterocycles. The topological polar surface area (TPSA) is 42.2 Å². The van der Waals surface area contributed by atoms with Gasteiger partial charge in [0.2, 0.25) is 0 Å². The molecule has 0 bridgehead atoms. The highest BCUT2D eigenvalue weighted by Gasteiger charge is 1.91. The summed E-state index contributed by atoms with van der Waals surface area (Å²) in [6, 6.07) is 1.86. The molecular weight excluding hydrogens is 142 g/mol. The van der Waals surface area contributed by atoms with E-state index < -0.39 is 0 Å². The smallest absolute Gasteiger partial charge is 0.117 e. The Labute approximate surface area is 67.2 Å². The molecular formula is C8H13NO2. The molecule has 0 aromatic carbocycles. The summed E-state index contributed by atoms with van der Waals surface area (Å²) in [7, 11) is 0. The monoisotopic (exact) mass is 155 g/mol. The molecule has 0 saturated carbocycles. The largest absolute Gasteiger partial charge is 0.236 e. The van der Waals surface area contributed by atoms with E-state index in [1.165, 1.54) is 0 Å². The van der Waals surface area contributed by atoms with Gasteiger partial charge in [0.15, 0.2) is 0 Å². The van der Waals surface area contributed by atoms with Crippen molar-refractivity contribution in [1.29, 1.82) is 5.26 Å². The van der Waals surface area contributed by atoms with E-state index in [-0.39, 0.29) is 6.61 Å². The Morgan fingerprint density at radius 1 is 1.55 bits per heavy atom. The molecule has 3 heteroatoms. The maximum atomic E-state index is 8.25. The van der Waals surface area contributed by atoms with E-state index >= 15 is 0 Å². The third-order valence-corrected chi connectivity index (χ3v) is 1.06. The molecule has 0 aromatic rings. The van der Waals surface area contributed by atoms with Crippen LogP contribution in [0.15, 0.2) is 12.2 Å². The van der Waals surface area contributed by atoms with Gasteiger partial charge in [-0.3, -0.25) is 0 Å². The van der Waals surface area contributed by atoms with Crippen LogP contribution < -0.4 is 0 Å². The molecule has 0 radical (unpaired) electrons. The minimum absolute atomic E-state index is 0.167. The van der Waals surface area contributed by atoms with Gasteiger partial charge in [-0.2, -0.15) is 5.26 Å². The summed E-state index contributed by atoms with van der Waals surface area (Å²) in [4.78, 5) is 9.40. The maximum absolute atomic E-state index is 8.25. The van der Waals surface area contributed by atoms with Crippen LogP contribution in [0.25, 0.3) is 0 Å². The first kappa shape index (κ1) is 10.2. The Kier molecular flexibility index (Phi) is 6.70. The van der Waals surface area contributed by atoms with Gasteiger partial charge in [0.05, 0.1) is 18.2 Å². The highest BCUT2D eigenvalue weighted by molar-refractivity contribution is 5.15. The number of nitriles is 1. The Morgan fingerprint density at radius 3 is 2.82 bits per heavy atom. The number of hydrogen-bond acceptors (Lipinski definition) is 3. The predicted molar refractivity (Wildman–Crippen MR) is 41.6 cm³/mol. The maximum Gasteiger partial charge on any atom is 0.117 e. The summed E-state index contributed by atoms with van der Waals surface area (Å²) in [6.45, 7) is 6.24. The lowest BCUT2D eigenvalue weighted by molar-refractivity contribution is -0.287. The number of nitrogens with zero attached hydrogens (tertiary/aromatic N) is 1. The number of hydrogen-bond donors (Lipinski definition) is 0. The molecule has 0 amide bonds. The lowest BCUT2D eigenvalue weighted by Crippen LogP contribution is -1.99. The molecule has 0 saturated heterocycles. The fraction of sp³-hybridized carbons (Fsp3) is 0.625. The van der Waals surface area contributed by atoms with Crippen LogP contribution in [0.3, 0.4) is 0 Å². The molecule has 11 heavy (non-hydrogen) atoms. The van der Waals surface area contributed by atoms with Crippen LogP contribution in [0.4, 0.5) is 0 Å². The van der Waals surface area contributed by atoms with Crippen LogP contribution in [0.5, 0.6) is 0 Å². The van der Waals surface area contributed by atoms with Crippen molar-refractivity contribution in [2.24, 2.45) is 0 Å². The second-order valence-corrected chi connectivity index (χ2v) is 2.15. The van der Waals surface area contributed by atoms with Crippen molar-refractivity contribution in [3.63, 3.8) is 0 Å². The summed E-state index contributed by atoms with van der Waals surface area (Å²) in [5.41, 5.74) is 0.376. The van der Waals surface area contributed by atoms with Gasteiger partial charge in [-0.1, -0.05) is 19.9 Å². The van der Waals surface area contributed by atoms with Crippen LogP contribution in [0.2, 0.25) is 0 Å². The molecule has 0 rings (SSSR count). The lowest BCUT2D eigenvalue weighted by Gasteiger charge is -2.00. The molecule has 0 aromatic heterocycles. The van der Waals surface area contributed by atoms with Gasteiger partial charge in [-0.15, -0.1) is 0 Å². The molecule has 3 nitrogen and oxygen atoms in total. The van der Waals surface area contributed by atoms with Crippen molar-refractivity contribution in [3.05, 3.63) is 12.2 Å². The summed E-state index contributed by atoms with van der Waals surface area (Å²) < 4.78 is 0.